The lowest BCUT2D eigenvalue weighted by Crippen LogP contribution is -2.50. The second kappa shape index (κ2) is 11.0. The van der Waals surface area contributed by atoms with Crippen LogP contribution in [0, 0.1) is 0 Å². The van der Waals surface area contributed by atoms with Gasteiger partial charge in [-0.25, -0.2) is 12.7 Å². The molecule has 0 radical (unpaired) electrons. The molecule has 0 amide bonds. The summed E-state index contributed by atoms with van der Waals surface area (Å²) in [6.07, 6.45) is 3.58. The first kappa shape index (κ1) is 23.8. The van der Waals surface area contributed by atoms with Crippen molar-refractivity contribution in [2.45, 2.75) is 24.7 Å². The van der Waals surface area contributed by atoms with Crippen molar-refractivity contribution in [3.63, 3.8) is 0 Å². The van der Waals surface area contributed by atoms with E-state index in [0.29, 0.717) is 25.6 Å². The summed E-state index contributed by atoms with van der Waals surface area (Å²) in [5, 5.41) is 6.57. The van der Waals surface area contributed by atoms with Gasteiger partial charge in [-0.1, -0.05) is 36.8 Å². The predicted octanol–water partition coefficient (Wildman–Crippen LogP) is 2.27. The number of guanidine groups is 1. The van der Waals surface area contributed by atoms with E-state index in [1.54, 1.807) is 11.4 Å². The topological polar surface area (TPSA) is 73.8 Å². The lowest BCUT2D eigenvalue weighted by Gasteiger charge is -2.43. The van der Waals surface area contributed by atoms with Gasteiger partial charge >= 0.3 is 0 Å². The molecule has 2 fully saturated rings. The number of hydrogen-bond donors (Lipinski definition) is 2. The quantitative estimate of drug-likeness (QED) is 0.317. The van der Waals surface area contributed by atoms with Gasteiger partial charge in [0.2, 0.25) is 10.0 Å². The van der Waals surface area contributed by atoms with Crippen molar-refractivity contribution in [3.8, 4) is 0 Å². The highest BCUT2D eigenvalue weighted by atomic mass is 127. The number of benzene rings is 1. The van der Waals surface area contributed by atoms with Crippen LogP contribution in [0.25, 0.3) is 0 Å². The Bertz CT molecular complexity index is 734. The fourth-order valence-corrected chi connectivity index (χ4v) is 6.18. The van der Waals surface area contributed by atoms with E-state index >= 15 is 0 Å². The zero-order valence-electron chi connectivity index (χ0n) is 16.4. The number of hydrogen-bond acceptors (Lipinski definition) is 4. The molecule has 3 rings (SSSR count). The summed E-state index contributed by atoms with van der Waals surface area (Å²) in [4.78, 5) is 4.26. The van der Waals surface area contributed by atoms with E-state index in [0.717, 1.165) is 18.1 Å². The smallest absolute Gasteiger partial charge is 0.215 e. The van der Waals surface area contributed by atoms with Gasteiger partial charge in [0, 0.05) is 50.1 Å². The van der Waals surface area contributed by atoms with Crippen molar-refractivity contribution in [2.24, 2.45) is 4.99 Å². The largest absolute Gasteiger partial charge is 0.356 e. The summed E-state index contributed by atoms with van der Waals surface area (Å²) in [6, 6.07) is 10.6. The van der Waals surface area contributed by atoms with Crippen molar-refractivity contribution >= 4 is 51.7 Å². The minimum absolute atomic E-state index is 0. The Morgan fingerprint density at radius 2 is 1.86 bits per heavy atom. The molecule has 1 aromatic carbocycles. The molecule has 28 heavy (non-hydrogen) atoms. The van der Waals surface area contributed by atoms with Crippen molar-refractivity contribution in [1.82, 2.24) is 14.9 Å². The van der Waals surface area contributed by atoms with Crippen LogP contribution >= 0.6 is 35.7 Å². The molecule has 0 atom stereocenters. The minimum atomic E-state index is -3.19. The van der Waals surface area contributed by atoms with Crippen LogP contribution in [0.2, 0.25) is 0 Å². The van der Waals surface area contributed by atoms with Crippen molar-refractivity contribution in [2.75, 3.05) is 50.5 Å². The van der Waals surface area contributed by atoms with E-state index in [4.69, 9.17) is 0 Å². The first-order valence-corrected chi connectivity index (χ1v) is 12.4. The Morgan fingerprint density at radius 1 is 1.18 bits per heavy atom. The average molecular weight is 539 g/mol. The molecule has 1 aliphatic heterocycles. The van der Waals surface area contributed by atoms with Crippen molar-refractivity contribution < 1.29 is 8.42 Å². The van der Waals surface area contributed by atoms with Crippen LogP contribution in [0.3, 0.4) is 0 Å². The maximum absolute atomic E-state index is 12.4. The highest BCUT2D eigenvalue weighted by Gasteiger charge is 2.38. The zero-order chi connectivity index (χ0) is 19.2. The number of halogens is 1. The molecular formula is C19H31IN4O2S2. The van der Waals surface area contributed by atoms with Crippen LogP contribution in [-0.4, -0.2) is 69.2 Å². The molecule has 0 aromatic heterocycles. The number of nitrogens with zero attached hydrogens (tertiary/aromatic N) is 2. The van der Waals surface area contributed by atoms with Gasteiger partial charge in [0.25, 0.3) is 0 Å². The van der Waals surface area contributed by atoms with E-state index in [9.17, 15) is 8.42 Å². The molecule has 1 saturated carbocycles. The van der Waals surface area contributed by atoms with E-state index in [1.807, 2.05) is 17.8 Å². The van der Waals surface area contributed by atoms with Crippen molar-refractivity contribution in [3.05, 3.63) is 35.9 Å². The number of thioether (sulfide) groups is 1. The highest BCUT2D eigenvalue weighted by molar-refractivity contribution is 14.0. The first-order chi connectivity index (χ1) is 13.1. The summed E-state index contributed by atoms with van der Waals surface area (Å²) in [5.41, 5.74) is 1.53. The molecule has 1 aromatic rings. The molecule has 1 aliphatic carbocycles. The van der Waals surface area contributed by atoms with Gasteiger partial charge in [-0.2, -0.15) is 11.8 Å². The standard InChI is InChI=1S/C19H30N4O2S2.HI/c1-20-18(21-10-15-27(24,25)23-11-13-26-14-12-23)22-16-19(8-5-9-19)17-6-3-2-4-7-17;/h2-4,6-7H,5,8-16H2,1H3,(H2,20,21,22);1H. The first-order valence-electron chi connectivity index (χ1n) is 9.61. The average Bonchev–Trinajstić information content (AvgIpc) is 2.67. The molecule has 0 spiro atoms. The molecule has 2 N–H and O–H groups in total. The van der Waals surface area contributed by atoms with Gasteiger partial charge in [0.05, 0.1) is 5.75 Å². The van der Waals surface area contributed by atoms with Gasteiger partial charge in [-0.05, 0) is 18.4 Å². The number of aliphatic imine (C=N–C) groups is 1. The van der Waals surface area contributed by atoms with E-state index < -0.39 is 10.0 Å². The summed E-state index contributed by atoms with van der Waals surface area (Å²) in [5.74, 6) is 2.54. The normalized spacial score (nSPS) is 20.0. The number of sulfonamides is 1. The third-order valence-corrected chi connectivity index (χ3v) is 8.35. The summed E-state index contributed by atoms with van der Waals surface area (Å²) >= 11 is 1.81. The number of rotatable bonds is 7. The van der Waals surface area contributed by atoms with Gasteiger partial charge < -0.3 is 10.6 Å². The van der Waals surface area contributed by atoms with Crippen LogP contribution in [-0.2, 0) is 15.4 Å². The number of nitrogens with one attached hydrogen (secondary N) is 2. The lowest BCUT2D eigenvalue weighted by molar-refractivity contribution is 0.244. The molecule has 0 unspecified atom stereocenters. The fraction of sp³-hybridized carbons (Fsp3) is 0.632. The van der Waals surface area contributed by atoms with Crippen LogP contribution in [0.15, 0.2) is 35.3 Å². The van der Waals surface area contributed by atoms with Gasteiger partial charge in [-0.3, -0.25) is 4.99 Å². The van der Waals surface area contributed by atoms with E-state index in [-0.39, 0.29) is 35.1 Å². The third kappa shape index (κ3) is 5.99. The molecule has 2 aliphatic rings. The molecule has 1 heterocycles. The molecule has 158 valence electrons. The highest BCUT2D eigenvalue weighted by Crippen LogP contribution is 2.43. The predicted molar refractivity (Wildman–Crippen MR) is 129 cm³/mol. The molecule has 0 bridgehead atoms. The Hall–Kier alpha value is -0.520. The van der Waals surface area contributed by atoms with Crippen LogP contribution < -0.4 is 10.6 Å². The lowest BCUT2D eigenvalue weighted by atomic mass is 9.64. The third-order valence-electron chi connectivity index (χ3n) is 5.53. The van der Waals surface area contributed by atoms with Crippen molar-refractivity contribution in [1.29, 1.82) is 0 Å². The minimum Gasteiger partial charge on any atom is -0.356 e. The van der Waals surface area contributed by atoms with Crippen LogP contribution in [0.4, 0.5) is 0 Å². The molecule has 6 nitrogen and oxygen atoms in total. The second-order valence-corrected chi connectivity index (χ2v) is 10.5. The monoisotopic (exact) mass is 538 g/mol. The van der Waals surface area contributed by atoms with Gasteiger partial charge in [-0.15, -0.1) is 24.0 Å². The molecule has 9 heteroatoms. The van der Waals surface area contributed by atoms with E-state index in [2.05, 4.69) is 39.9 Å². The van der Waals surface area contributed by atoms with Gasteiger partial charge in [0.1, 0.15) is 0 Å². The Kier molecular flexibility index (Phi) is 9.36. The molecular weight excluding hydrogens is 507 g/mol. The Morgan fingerprint density at radius 3 is 2.43 bits per heavy atom. The van der Waals surface area contributed by atoms with Crippen LogP contribution in [0.1, 0.15) is 24.8 Å². The fourth-order valence-electron chi connectivity index (χ4n) is 3.69. The summed E-state index contributed by atoms with van der Waals surface area (Å²) < 4.78 is 26.5. The van der Waals surface area contributed by atoms with E-state index in [1.165, 1.54) is 24.8 Å². The Labute approximate surface area is 190 Å². The second-order valence-electron chi connectivity index (χ2n) is 7.18. The maximum atomic E-state index is 12.4. The van der Waals surface area contributed by atoms with Gasteiger partial charge in [0.15, 0.2) is 5.96 Å². The Balaban J connectivity index is 0.00000280. The zero-order valence-corrected chi connectivity index (χ0v) is 20.4. The maximum Gasteiger partial charge on any atom is 0.215 e. The summed E-state index contributed by atoms with van der Waals surface area (Å²) in [7, 11) is -1.47. The van der Waals surface area contributed by atoms with Crippen LogP contribution in [0.5, 0.6) is 0 Å². The SMILES string of the molecule is CN=C(NCCS(=O)(=O)N1CCSCC1)NCC1(c2ccccc2)CCC1.I. The summed E-state index contributed by atoms with van der Waals surface area (Å²) in [6.45, 7) is 2.43. The molecule has 1 saturated heterocycles.